The van der Waals surface area contributed by atoms with Gasteiger partial charge in [-0.1, -0.05) is 6.42 Å². The Labute approximate surface area is 137 Å². The zero-order valence-electron chi connectivity index (χ0n) is 12.2. The van der Waals surface area contributed by atoms with Crippen LogP contribution in [0.4, 0.5) is 0 Å². The Bertz CT molecular complexity index is 586. The molecule has 0 spiro atoms. The summed E-state index contributed by atoms with van der Waals surface area (Å²) < 4.78 is 11.5. The minimum Gasteiger partial charge on any atom is -0.454 e. The molecular formula is C15H18BrN3O3. The summed E-state index contributed by atoms with van der Waals surface area (Å²) in [4.78, 5) is 14.0. The molecule has 0 aliphatic carbocycles. The largest absolute Gasteiger partial charge is 0.454 e. The predicted octanol–water partition coefficient (Wildman–Crippen LogP) is 2.11. The number of nitrogens with zero attached hydrogens (tertiary/aromatic N) is 2. The Morgan fingerprint density at radius 3 is 2.77 bits per heavy atom. The molecule has 22 heavy (non-hydrogen) atoms. The molecule has 1 amide bonds. The van der Waals surface area contributed by atoms with E-state index < -0.39 is 0 Å². The van der Waals surface area contributed by atoms with Crippen LogP contribution in [0, 0.1) is 0 Å². The Morgan fingerprint density at radius 1 is 1.27 bits per heavy atom. The highest BCUT2D eigenvalue weighted by atomic mass is 79.9. The molecule has 2 heterocycles. The van der Waals surface area contributed by atoms with Crippen molar-refractivity contribution in [2.24, 2.45) is 5.10 Å². The average Bonchev–Trinajstić information content (AvgIpc) is 2.95. The van der Waals surface area contributed by atoms with Crippen LogP contribution in [0.5, 0.6) is 11.5 Å². The SMILES string of the molecule is O=C(CN1CCCCC1)N/N=C\c1cc2c(cc1Br)OCO2. The molecule has 1 N–H and O–H groups in total. The summed E-state index contributed by atoms with van der Waals surface area (Å²) in [6.45, 7) is 2.62. The molecule has 0 aromatic heterocycles. The fourth-order valence-corrected chi connectivity index (χ4v) is 2.99. The first-order chi connectivity index (χ1) is 10.7. The summed E-state index contributed by atoms with van der Waals surface area (Å²) >= 11 is 3.45. The van der Waals surface area contributed by atoms with Crippen LogP contribution in [0.1, 0.15) is 24.8 Å². The van der Waals surface area contributed by atoms with Crippen LogP contribution in [0.15, 0.2) is 21.7 Å². The number of rotatable bonds is 4. The van der Waals surface area contributed by atoms with Gasteiger partial charge in [-0.25, -0.2) is 5.43 Å². The molecule has 0 atom stereocenters. The fraction of sp³-hybridized carbons (Fsp3) is 0.467. The lowest BCUT2D eigenvalue weighted by atomic mass is 10.1. The molecule has 2 aliphatic heterocycles. The highest BCUT2D eigenvalue weighted by Gasteiger charge is 2.16. The third-order valence-electron chi connectivity index (χ3n) is 3.70. The van der Waals surface area contributed by atoms with Crippen molar-refractivity contribution in [2.45, 2.75) is 19.3 Å². The van der Waals surface area contributed by atoms with E-state index in [1.54, 1.807) is 6.21 Å². The number of halogens is 1. The molecule has 6 nitrogen and oxygen atoms in total. The van der Waals surface area contributed by atoms with Gasteiger partial charge in [0.05, 0.1) is 12.8 Å². The summed E-state index contributed by atoms with van der Waals surface area (Å²) in [5.74, 6) is 1.30. The summed E-state index contributed by atoms with van der Waals surface area (Å²) in [5, 5.41) is 4.02. The van der Waals surface area contributed by atoms with Crippen molar-refractivity contribution in [1.82, 2.24) is 10.3 Å². The number of amides is 1. The van der Waals surface area contributed by atoms with Crippen molar-refractivity contribution in [3.8, 4) is 11.5 Å². The van der Waals surface area contributed by atoms with Gasteiger partial charge in [0.1, 0.15) is 0 Å². The maximum absolute atomic E-state index is 11.9. The molecule has 1 saturated heterocycles. The van der Waals surface area contributed by atoms with E-state index in [1.807, 2.05) is 12.1 Å². The van der Waals surface area contributed by atoms with Gasteiger partial charge in [-0.2, -0.15) is 5.10 Å². The zero-order valence-corrected chi connectivity index (χ0v) is 13.8. The zero-order chi connectivity index (χ0) is 15.4. The van der Waals surface area contributed by atoms with Crippen LogP contribution in [0.2, 0.25) is 0 Å². The second-order valence-corrected chi connectivity index (χ2v) is 6.21. The minimum absolute atomic E-state index is 0.0879. The molecule has 0 unspecified atom stereocenters. The van der Waals surface area contributed by atoms with Crippen molar-refractivity contribution in [1.29, 1.82) is 0 Å². The van der Waals surface area contributed by atoms with E-state index in [9.17, 15) is 4.79 Å². The first kappa shape index (κ1) is 15.3. The Morgan fingerprint density at radius 2 is 2.00 bits per heavy atom. The second kappa shape index (κ2) is 7.11. The van der Waals surface area contributed by atoms with E-state index in [1.165, 1.54) is 19.3 Å². The van der Waals surface area contributed by atoms with Gasteiger partial charge in [0.15, 0.2) is 11.5 Å². The van der Waals surface area contributed by atoms with Gasteiger partial charge >= 0.3 is 0 Å². The van der Waals surface area contributed by atoms with Crippen LogP contribution >= 0.6 is 15.9 Å². The van der Waals surface area contributed by atoms with Crippen molar-refractivity contribution in [2.75, 3.05) is 26.4 Å². The maximum atomic E-state index is 11.9. The quantitative estimate of drug-likeness (QED) is 0.653. The van der Waals surface area contributed by atoms with Gasteiger partial charge in [0, 0.05) is 10.0 Å². The lowest BCUT2D eigenvalue weighted by Gasteiger charge is -2.25. The monoisotopic (exact) mass is 367 g/mol. The Balaban J connectivity index is 1.54. The number of hydrogen-bond donors (Lipinski definition) is 1. The number of benzene rings is 1. The first-order valence-corrected chi connectivity index (χ1v) is 8.15. The van der Waals surface area contributed by atoms with E-state index in [-0.39, 0.29) is 12.7 Å². The van der Waals surface area contributed by atoms with Gasteiger partial charge < -0.3 is 9.47 Å². The number of carbonyl (C=O) groups excluding carboxylic acids is 1. The molecule has 3 rings (SSSR count). The number of ether oxygens (including phenoxy) is 2. The van der Waals surface area contributed by atoms with Gasteiger partial charge in [-0.3, -0.25) is 9.69 Å². The topological polar surface area (TPSA) is 63.2 Å². The fourth-order valence-electron chi connectivity index (χ4n) is 2.56. The third-order valence-corrected chi connectivity index (χ3v) is 4.39. The predicted molar refractivity (Wildman–Crippen MR) is 86.3 cm³/mol. The smallest absolute Gasteiger partial charge is 0.254 e. The number of hydrazone groups is 1. The number of carbonyl (C=O) groups is 1. The summed E-state index contributed by atoms with van der Waals surface area (Å²) in [5.41, 5.74) is 3.39. The normalized spacial score (nSPS) is 17.9. The van der Waals surface area contributed by atoms with Gasteiger partial charge in [0.2, 0.25) is 6.79 Å². The highest BCUT2D eigenvalue weighted by molar-refractivity contribution is 9.10. The van der Waals surface area contributed by atoms with Gasteiger partial charge in [0.25, 0.3) is 5.91 Å². The van der Waals surface area contributed by atoms with Crippen LogP contribution in [-0.4, -0.2) is 43.4 Å². The Hall–Kier alpha value is -1.60. The molecule has 2 aliphatic rings. The molecule has 118 valence electrons. The molecule has 0 radical (unpaired) electrons. The standard InChI is InChI=1S/C15H18BrN3O3/c16-12-7-14-13(21-10-22-14)6-11(12)8-17-18-15(20)9-19-4-2-1-3-5-19/h6-8H,1-5,9-10H2,(H,18,20)/b17-8-. The van der Waals surface area contributed by atoms with Crippen LogP contribution in [-0.2, 0) is 4.79 Å². The highest BCUT2D eigenvalue weighted by Crippen LogP contribution is 2.36. The lowest BCUT2D eigenvalue weighted by molar-refractivity contribution is -0.122. The summed E-state index contributed by atoms with van der Waals surface area (Å²) in [6, 6.07) is 3.66. The van der Waals surface area contributed by atoms with Crippen molar-refractivity contribution in [3.63, 3.8) is 0 Å². The molecule has 1 aromatic carbocycles. The molecular weight excluding hydrogens is 350 g/mol. The maximum Gasteiger partial charge on any atom is 0.254 e. The number of fused-ring (bicyclic) bond motifs is 1. The lowest BCUT2D eigenvalue weighted by Crippen LogP contribution is -2.38. The van der Waals surface area contributed by atoms with Crippen molar-refractivity contribution in [3.05, 3.63) is 22.2 Å². The van der Waals surface area contributed by atoms with Gasteiger partial charge in [-0.05, 0) is 54.0 Å². The van der Waals surface area contributed by atoms with E-state index in [0.717, 1.165) is 23.1 Å². The van der Waals surface area contributed by atoms with Gasteiger partial charge in [-0.15, -0.1) is 0 Å². The number of likely N-dealkylation sites (tertiary alicyclic amines) is 1. The van der Waals surface area contributed by atoms with Crippen LogP contribution in [0.3, 0.4) is 0 Å². The van der Waals surface area contributed by atoms with Crippen molar-refractivity contribution >= 4 is 28.1 Å². The molecule has 0 saturated carbocycles. The third kappa shape index (κ3) is 3.78. The van der Waals surface area contributed by atoms with Crippen LogP contribution in [0.25, 0.3) is 0 Å². The first-order valence-electron chi connectivity index (χ1n) is 7.36. The summed E-state index contributed by atoms with van der Waals surface area (Å²) in [7, 11) is 0. The van der Waals surface area contributed by atoms with E-state index in [2.05, 4.69) is 31.4 Å². The molecule has 1 fully saturated rings. The molecule has 0 bridgehead atoms. The van der Waals surface area contributed by atoms with Crippen molar-refractivity contribution < 1.29 is 14.3 Å². The van der Waals surface area contributed by atoms with Crippen LogP contribution < -0.4 is 14.9 Å². The van der Waals surface area contributed by atoms with E-state index in [0.29, 0.717) is 18.0 Å². The molecule has 1 aromatic rings. The minimum atomic E-state index is -0.0879. The Kier molecular flexibility index (Phi) is 4.94. The number of hydrogen-bond acceptors (Lipinski definition) is 5. The van der Waals surface area contributed by atoms with E-state index in [4.69, 9.17) is 9.47 Å². The van der Waals surface area contributed by atoms with E-state index >= 15 is 0 Å². The summed E-state index contributed by atoms with van der Waals surface area (Å²) in [6.07, 6.45) is 5.19. The average molecular weight is 368 g/mol. The number of nitrogens with one attached hydrogen (secondary N) is 1. The molecule has 7 heteroatoms. The second-order valence-electron chi connectivity index (χ2n) is 5.36. The number of piperidine rings is 1.